The summed E-state index contributed by atoms with van der Waals surface area (Å²) >= 11 is 7.51. The van der Waals surface area contributed by atoms with Crippen molar-refractivity contribution in [2.75, 3.05) is 26.2 Å². The fraction of sp³-hybridized carbons (Fsp3) is 0.375. The van der Waals surface area contributed by atoms with Gasteiger partial charge in [-0.25, -0.2) is 8.78 Å². The van der Waals surface area contributed by atoms with E-state index in [4.69, 9.17) is 16.3 Å². The third-order valence-electron chi connectivity index (χ3n) is 7.69. The predicted molar refractivity (Wildman–Crippen MR) is 157 cm³/mol. The number of benzene rings is 3. The van der Waals surface area contributed by atoms with Crippen molar-refractivity contribution in [3.05, 3.63) is 99.6 Å². The van der Waals surface area contributed by atoms with Crippen LogP contribution in [-0.4, -0.2) is 60.0 Å². The average molecular weight is 599 g/mol. The summed E-state index contributed by atoms with van der Waals surface area (Å²) in [4.78, 5) is 30.8. The lowest BCUT2D eigenvalue weighted by molar-refractivity contribution is -0.0593. The molecule has 3 aromatic carbocycles. The van der Waals surface area contributed by atoms with Crippen molar-refractivity contribution in [1.82, 2.24) is 9.80 Å². The largest absolute Gasteiger partial charge is 0.375 e. The Labute approximate surface area is 248 Å². The summed E-state index contributed by atoms with van der Waals surface area (Å²) in [6.45, 7) is 4.13. The number of hydrogen-bond acceptors (Lipinski definition) is 4. The van der Waals surface area contributed by atoms with E-state index in [2.05, 4.69) is 0 Å². The van der Waals surface area contributed by atoms with Crippen LogP contribution < -0.4 is 0 Å². The summed E-state index contributed by atoms with van der Waals surface area (Å²) < 4.78 is 35.3. The minimum atomic E-state index is -0.965. The van der Waals surface area contributed by atoms with E-state index in [1.54, 1.807) is 11.0 Å². The highest BCUT2D eigenvalue weighted by atomic mass is 35.5. The van der Waals surface area contributed by atoms with Gasteiger partial charge in [-0.15, -0.1) is 11.8 Å². The topological polar surface area (TPSA) is 49.9 Å². The maximum atomic E-state index is 14.8. The molecule has 2 saturated heterocycles. The normalized spacial score (nSPS) is 16.7. The van der Waals surface area contributed by atoms with Crippen molar-refractivity contribution in [3.8, 4) is 0 Å². The number of halogens is 3. The number of rotatable bonds is 7. The Balaban J connectivity index is 1.12. The molecule has 5 nitrogen and oxygen atoms in total. The lowest BCUT2D eigenvalue weighted by Gasteiger charge is -2.37. The van der Waals surface area contributed by atoms with E-state index in [0.717, 1.165) is 29.4 Å². The van der Waals surface area contributed by atoms with Gasteiger partial charge in [0.05, 0.1) is 12.2 Å². The van der Waals surface area contributed by atoms with E-state index >= 15 is 0 Å². The van der Waals surface area contributed by atoms with Crippen LogP contribution in [0.5, 0.6) is 0 Å². The smallest absolute Gasteiger partial charge is 0.254 e. The van der Waals surface area contributed by atoms with Gasteiger partial charge in [0, 0.05) is 58.5 Å². The van der Waals surface area contributed by atoms with E-state index in [9.17, 15) is 18.4 Å². The first-order valence-corrected chi connectivity index (χ1v) is 15.3. The second-order valence-corrected chi connectivity index (χ2v) is 12.1. The first-order chi connectivity index (χ1) is 19.8. The van der Waals surface area contributed by atoms with Gasteiger partial charge in [0.2, 0.25) is 0 Å². The first kappa shape index (κ1) is 29.5. The van der Waals surface area contributed by atoms with Crippen LogP contribution in [0, 0.1) is 18.6 Å². The van der Waals surface area contributed by atoms with E-state index in [0.29, 0.717) is 49.6 Å². The maximum absolute atomic E-state index is 14.8. The molecule has 2 heterocycles. The Morgan fingerprint density at radius 2 is 1.49 bits per heavy atom. The molecule has 5 rings (SSSR count). The van der Waals surface area contributed by atoms with E-state index in [-0.39, 0.29) is 40.9 Å². The number of piperidine rings is 2. The van der Waals surface area contributed by atoms with E-state index in [1.807, 2.05) is 54.3 Å². The zero-order valence-electron chi connectivity index (χ0n) is 23.0. The lowest BCUT2D eigenvalue weighted by Crippen LogP contribution is -2.45. The highest BCUT2D eigenvalue weighted by Crippen LogP contribution is 2.29. The van der Waals surface area contributed by atoms with Gasteiger partial charge < -0.3 is 14.5 Å². The van der Waals surface area contributed by atoms with E-state index < -0.39 is 11.6 Å². The van der Waals surface area contributed by atoms with Crippen molar-refractivity contribution >= 4 is 35.2 Å². The van der Waals surface area contributed by atoms with Gasteiger partial charge in [0.1, 0.15) is 0 Å². The number of likely N-dealkylation sites (tertiary alicyclic amines) is 2. The first-order valence-electron chi connectivity index (χ1n) is 13.9. The zero-order chi connectivity index (χ0) is 28.9. The van der Waals surface area contributed by atoms with Crippen molar-refractivity contribution in [2.45, 2.75) is 55.5 Å². The molecular formula is C32H33ClF2N2O3S. The molecule has 0 saturated carbocycles. The molecule has 0 aromatic heterocycles. The highest BCUT2D eigenvalue weighted by molar-refractivity contribution is 7.98. The fourth-order valence-corrected chi connectivity index (χ4v) is 6.71. The third kappa shape index (κ3) is 7.29. The Hall–Kier alpha value is -2.94. The van der Waals surface area contributed by atoms with Crippen LogP contribution in [0.15, 0.2) is 65.6 Å². The molecule has 2 aliphatic rings. The van der Waals surface area contributed by atoms with Gasteiger partial charge in [-0.1, -0.05) is 29.8 Å². The summed E-state index contributed by atoms with van der Waals surface area (Å²) in [6.07, 6.45) is 2.92. The summed E-state index contributed by atoms with van der Waals surface area (Å²) in [5.41, 5.74) is 1.86. The highest BCUT2D eigenvalue weighted by Gasteiger charge is 2.30. The van der Waals surface area contributed by atoms with Crippen LogP contribution in [0.4, 0.5) is 8.78 Å². The number of aryl methyl sites for hydroxylation is 1. The van der Waals surface area contributed by atoms with Gasteiger partial charge in [0.25, 0.3) is 11.8 Å². The number of amides is 2. The fourth-order valence-electron chi connectivity index (χ4n) is 5.48. The molecule has 0 bridgehead atoms. The standard InChI is InChI=1S/C32H33ClF2N2O3S/c1-21-17-22(19-23(33)18-21)31(38)36-13-9-24(10-14-36)40-25-11-15-37(16-12-25)32(39)27-7-8-29(34)30(35)28(27)20-41-26-5-3-2-4-6-26/h2-8,17-19,24-25H,9-16,20H2,1H3. The molecule has 9 heteroatoms. The minimum Gasteiger partial charge on any atom is -0.375 e. The Morgan fingerprint density at radius 3 is 2.10 bits per heavy atom. The number of nitrogens with zero attached hydrogens (tertiary/aromatic N) is 2. The van der Waals surface area contributed by atoms with Crippen LogP contribution in [0.25, 0.3) is 0 Å². The molecule has 0 unspecified atom stereocenters. The van der Waals surface area contributed by atoms with Crippen LogP contribution in [0.1, 0.15) is 57.5 Å². The Morgan fingerprint density at radius 1 is 0.878 bits per heavy atom. The molecule has 41 heavy (non-hydrogen) atoms. The SMILES string of the molecule is Cc1cc(Cl)cc(C(=O)N2CCC(OC3CCN(C(=O)c4ccc(F)c(F)c4CSc4ccccc4)CC3)CC2)c1. The molecule has 216 valence electrons. The van der Waals surface area contributed by atoms with Crippen LogP contribution in [0.3, 0.4) is 0 Å². The van der Waals surface area contributed by atoms with Crippen molar-refractivity contribution in [3.63, 3.8) is 0 Å². The van der Waals surface area contributed by atoms with Crippen LogP contribution in [0.2, 0.25) is 5.02 Å². The van der Waals surface area contributed by atoms with Gasteiger partial charge in [-0.2, -0.15) is 0 Å². The number of ether oxygens (including phenoxy) is 1. The molecule has 2 aliphatic heterocycles. The molecule has 0 radical (unpaired) electrons. The molecule has 3 aromatic rings. The van der Waals surface area contributed by atoms with Crippen molar-refractivity contribution in [2.24, 2.45) is 0 Å². The predicted octanol–water partition coefficient (Wildman–Crippen LogP) is 7.14. The Bertz CT molecular complexity index is 1370. The van der Waals surface area contributed by atoms with E-state index in [1.165, 1.54) is 17.8 Å². The second kappa shape index (κ2) is 13.4. The molecule has 2 fully saturated rings. The van der Waals surface area contributed by atoms with Gasteiger partial charge >= 0.3 is 0 Å². The molecule has 2 amide bonds. The third-order valence-corrected chi connectivity index (χ3v) is 8.94. The van der Waals surface area contributed by atoms with Gasteiger partial charge in [0.15, 0.2) is 11.6 Å². The number of carbonyl (C=O) groups excluding carboxylic acids is 2. The number of thioether (sulfide) groups is 1. The van der Waals surface area contributed by atoms with Crippen LogP contribution in [-0.2, 0) is 10.5 Å². The number of hydrogen-bond donors (Lipinski definition) is 0. The maximum Gasteiger partial charge on any atom is 0.254 e. The average Bonchev–Trinajstić information content (AvgIpc) is 2.98. The summed E-state index contributed by atoms with van der Waals surface area (Å²) in [5, 5.41) is 0.559. The van der Waals surface area contributed by atoms with Crippen molar-refractivity contribution in [1.29, 1.82) is 0 Å². The molecule has 0 aliphatic carbocycles. The second-order valence-electron chi connectivity index (χ2n) is 10.6. The van der Waals surface area contributed by atoms with Crippen molar-refractivity contribution < 1.29 is 23.1 Å². The zero-order valence-corrected chi connectivity index (χ0v) is 24.5. The quantitative estimate of drug-likeness (QED) is 0.271. The number of carbonyl (C=O) groups is 2. The molecule has 0 N–H and O–H groups in total. The van der Waals surface area contributed by atoms with Crippen LogP contribution >= 0.6 is 23.4 Å². The minimum absolute atomic E-state index is 0.0138. The monoisotopic (exact) mass is 598 g/mol. The van der Waals surface area contributed by atoms with Gasteiger partial charge in [-0.3, -0.25) is 9.59 Å². The summed E-state index contributed by atoms with van der Waals surface area (Å²) in [6, 6.07) is 17.3. The summed E-state index contributed by atoms with van der Waals surface area (Å²) in [7, 11) is 0. The molecular weight excluding hydrogens is 566 g/mol. The summed E-state index contributed by atoms with van der Waals surface area (Å²) in [5.74, 6) is -2.05. The lowest BCUT2D eigenvalue weighted by atomic mass is 10.0. The van der Waals surface area contributed by atoms with Gasteiger partial charge in [-0.05, 0) is 80.6 Å². The Kier molecular flexibility index (Phi) is 9.63. The molecule has 0 atom stereocenters. The molecule has 0 spiro atoms.